The zero-order chi connectivity index (χ0) is 21.6. The predicted octanol–water partition coefficient (Wildman–Crippen LogP) is 2.19. The van der Waals surface area contributed by atoms with Gasteiger partial charge in [-0.15, -0.1) is 0 Å². The minimum atomic E-state index is -0.656. The van der Waals surface area contributed by atoms with Crippen molar-refractivity contribution in [1.82, 2.24) is 10.3 Å². The number of para-hydroxylation sites is 3. The summed E-state index contributed by atoms with van der Waals surface area (Å²) in [6.45, 7) is 0.00249. The van der Waals surface area contributed by atoms with Gasteiger partial charge in [0, 0.05) is 23.6 Å². The van der Waals surface area contributed by atoms with Gasteiger partial charge in [-0.25, -0.2) is 0 Å². The van der Waals surface area contributed by atoms with E-state index in [9.17, 15) is 14.4 Å². The third kappa shape index (κ3) is 4.85. The van der Waals surface area contributed by atoms with E-state index in [0.717, 1.165) is 16.5 Å². The van der Waals surface area contributed by atoms with Gasteiger partial charge in [-0.3, -0.25) is 19.3 Å². The number of anilines is 1. The number of amides is 2. The second kappa shape index (κ2) is 9.34. The lowest BCUT2D eigenvalue weighted by Crippen LogP contribution is -2.37. The number of H-pyrrole nitrogens is 1. The topological polar surface area (TPSA) is 101 Å². The number of nitrogens with one attached hydrogen (secondary N) is 2. The molecule has 31 heavy (non-hydrogen) atoms. The number of benzene rings is 2. The number of aromatic nitrogens is 1. The molecular formula is C23H23N3O5. The number of carbonyl (C=O) groups excluding carboxylic acids is 3. The molecule has 0 bridgehead atoms. The first-order valence-electron chi connectivity index (χ1n) is 10.1. The van der Waals surface area contributed by atoms with E-state index in [1.807, 2.05) is 30.5 Å². The summed E-state index contributed by atoms with van der Waals surface area (Å²) in [7, 11) is 0. The van der Waals surface area contributed by atoms with Crippen molar-refractivity contribution in [2.75, 3.05) is 31.2 Å². The number of rotatable bonds is 7. The van der Waals surface area contributed by atoms with Gasteiger partial charge in [-0.1, -0.05) is 30.3 Å². The highest BCUT2D eigenvalue weighted by Gasteiger charge is 2.25. The molecule has 0 atom stereocenters. The molecule has 3 aromatic rings. The third-order valence-corrected chi connectivity index (χ3v) is 5.07. The van der Waals surface area contributed by atoms with E-state index < -0.39 is 12.6 Å². The molecule has 0 saturated heterocycles. The Kier molecular flexibility index (Phi) is 6.16. The maximum Gasteiger partial charge on any atom is 0.326 e. The number of ether oxygens (including phenoxy) is 2. The lowest BCUT2D eigenvalue weighted by atomic mass is 10.1. The lowest BCUT2D eigenvalue weighted by Gasteiger charge is -2.20. The van der Waals surface area contributed by atoms with Crippen LogP contribution in [0, 0.1) is 0 Å². The van der Waals surface area contributed by atoms with Crippen molar-refractivity contribution in [3.05, 3.63) is 60.3 Å². The first-order valence-corrected chi connectivity index (χ1v) is 10.1. The number of esters is 1. The Labute approximate surface area is 179 Å². The van der Waals surface area contributed by atoms with Crippen LogP contribution in [-0.4, -0.2) is 49.1 Å². The van der Waals surface area contributed by atoms with Crippen molar-refractivity contribution in [1.29, 1.82) is 0 Å². The van der Waals surface area contributed by atoms with Crippen LogP contribution in [0.4, 0.5) is 5.69 Å². The largest absolute Gasteiger partial charge is 0.491 e. The Hall–Kier alpha value is -3.81. The molecule has 1 aliphatic rings. The van der Waals surface area contributed by atoms with Crippen molar-refractivity contribution < 1.29 is 23.9 Å². The molecule has 2 aromatic carbocycles. The highest BCUT2D eigenvalue weighted by molar-refractivity contribution is 5.99. The summed E-state index contributed by atoms with van der Waals surface area (Å²) < 4.78 is 10.6. The molecule has 2 amide bonds. The third-order valence-electron chi connectivity index (χ3n) is 5.07. The lowest BCUT2D eigenvalue weighted by molar-refractivity contribution is -0.147. The van der Waals surface area contributed by atoms with Gasteiger partial charge in [0.1, 0.15) is 12.3 Å². The molecular weight excluding hydrogens is 398 g/mol. The smallest absolute Gasteiger partial charge is 0.326 e. The molecule has 0 saturated carbocycles. The zero-order valence-electron chi connectivity index (χ0n) is 16.9. The molecule has 0 fully saturated rings. The van der Waals surface area contributed by atoms with E-state index in [1.54, 1.807) is 24.3 Å². The molecule has 160 valence electrons. The van der Waals surface area contributed by atoms with Gasteiger partial charge in [0.2, 0.25) is 5.91 Å². The average Bonchev–Trinajstić information content (AvgIpc) is 3.12. The van der Waals surface area contributed by atoms with E-state index >= 15 is 0 Å². The van der Waals surface area contributed by atoms with E-state index in [1.165, 1.54) is 4.90 Å². The van der Waals surface area contributed by atoms with E-state index in [0.29, 0.717) is 24.4 Å². The number of hydrogen-bond donors (Lipinski definition) is 2. The van der Waals surface area contributed by atoms with Crippen LogP contribution < -0.4 is 15.0 Å². The molecule has 0 unspecified atom stereocenters. The first kappa shape index (κ1) is 20.5. The maximum absolute atomic E-state index is 12.4. The number of fused-ring (bicyclic) bond motifs is 2. The van der Waals surface area contributed by atoms with Crippen LogP contribution in [0.15, 0.2) is 54.7 Å². The highest BCUT2D eigenvalue weighted by atomic mass is 16.5. The van der Waals surface area contributed by atoms with E-state index in [4.69, 9.17) is 9.47 Å². The average molecular weight is 421 g/mol. The van der Waals surface area contributed by atoms with Crippen molar-refractivity contribution in [3.8, 4) is 5.75 Å². The number of aromatic amines is 1. The summed E-state index contributed by atoms with van der Waals surface area (Å²) in [5.41, 5.74) is 2.67. The SMILES string of the molecule is O=C(COC(=O)CN1C(=O)CCOc2ccccc21)NCCc1c[nH]c2ccccc12. The minimum absolute atomic E-state index is 0.163. The Morgan fingerprint density at radius 1 is 1.13 bits per heavy atom. The van der Waals surface area contributed by atoms with Gasteiger partial charge in [0.15, 0.2) is 6.61 Å². The Morgan fingerprint density at radius 2 is 1.94 bits per heavy atom. The molecule has 0 radical (unpaired) electrons. The minimum Gasteiger partial charge on any atom is -0.491 e. The van der Waals surface area contributed by atoms with Crippen LogP contribution in [0.3, 0.4) is 0 Å². The molecule has 0 spiro atoms. The van der Waals surface area contributed by atoms with Gasteiger partial charge in [0.25, 0.3) is 5.91 Å². The molecule has 0 aliphatic carbocycles. The Balaban J connectivity index is 1.25. The predicted molar refractivity (Wildman–Crippen MR) is 115 cm³/mol. The standard InChI is InChI=1S/C23H23N3O5/c27-21(24-11-9-16-13-25-18-6-2-1-5-17(16)18)15-31-23(29)14-26-19-7-3-4-8-20(19)30-12-10-22(26)28/h1-8,13,25H,9-12,14-15H2,(H,24,27). The van der Waals surface area contributed by atoms with Gasteiger partial charge >= 0.3 is 5.97 Å². The maximum atomic E-state index is 12.4. The second-order valence-corrected chi connectivity index (χ2v) is 7.17. The van der Waals surface area contributed by atoms with Crippen molar-refractivity contribution in [2.24, 2.45) is 0 Å². The van der Waals surface area contributed by atoms with E-state index in [2.05, 4.69) is 10.3 Å². The Morgan fingerprint density at radius 3 is 2.84 bits per heavy atom. The molecule has 1 aromatic heterocycles. The molecule has 2 N–H and O–H groups in total. The van der Waals surface area contributed by atoms with Gasteiger partial charge < -0.3 is 19.8 Å². The molecule has 8 heteroatoms. The number of nitrogens with zero attached hydrogens (tertiary/aromatic N) is 1. The highest BCUT2D eigenvalue weighted by Crippen LogP contribution is 2.30. The summed E-state index contributed by atoms with van der Waals surface area (Å²) >= 11 is 0. The van der Waals surface area contributed by atoms with Crippen molar-refractivity contribution in [3.63, 3.8) is 0 Å². The van der Waals surface area contributed by atoms with Crippen LogP contribution >= 0.6 is 0 Å². The summed E-state index contributed by atoms with van der Waals surface area (Å²) in [4.78, 5) is 41.2. The molecule has 1 aliphatic heterocycles. The first-order chi connectivity index (χ1) is 15.1. The fraction of sp³-hybridized carbons (Fsp3) is 0.261. The Bertz CT molecular complexity index is 1110. The van der Waals surface area contributed by atoms with Gasteiger partial charge in [-0.05, 0) is 30.2 Å². The molecule has 4 rings (SSSR count). The van der Waals surface area contributed by atoms with Gasteiger partial charge in [-0.2, -0.15) is 0 Å². The zero-order valence-corrected chi connectivity index (χ0v) is 16.9. The van der Waals surface area contributed by atoms with Crippen LogP contribution in [0.25, 0.3) is 10.9 Å². The van der Waals surface area contributed by atoms with Crippen molar-refractivity contribution >= 4 is 34.4 Å². The fourth-order valence-electron chi connectivity index (χ4n) is 3.54. The molecule has 2 heterocycles. The van der Waals surface area contributed by atoms with Gasteiger partial charge in [0.05, 0.1) is 18.7 Å². The van der Waals surface area contributed by atoms with Crippen LogP contribution in [0.5, 0.6) is 5.75 Å². The normalized spacial score (nSPS) is 13.3. The summed E-state index contributed by atoms with van der Waals surface area (Å²) in [5.74, 6) is -0.739. The van der Waals surface area contributed by atoms with Crippen LogP contribution in [0.1, 0.15) is 12.0 Å². The second-order valence-electron chi connectivity index (χ2n) is 7.17. The summed E-state index contributed by atoms with van der Waals surface area (Å²) in [6, 6.07) is 15.0. The number of carbonyl (C=O) groups is 3. The van der Waals surface area contributed by atoms with Crippen LogP contribution in [0.2, 0.25) is 0 Å². The monoisotopic (exact) mass is 421 g/mol. The summed E-state index contributed by atoms with van der Waals surface area (Å²) in [6.07, 6.45) is 2.75. The van der Waals surface area contributed by atoms with Crippen LogP contribution in [-0.2, 0) is 25.5 Å². The van der Waals surface area contributed by atoms with Crippen molar-refractivity contribution in [2.45, 2.75) is 12.8 Å². The van der Waals surface area contributed by atoms with E-state index in [-0.39, 0.29) is 31.4 Å². The number of hydrogen-bond acceptors (Lipinski definition) is 5. The molecule has 8 nitrogen and oxygen atoms in total. The fourth-order valence-corrected chi connectivity index (χ4v) is 3.54. The quantitative estimate of drug-likeness (QED) is 0.570. The summed E-state index contributed by atoms with van der Waals surface area (Å²) in [5, 5.41) is 3.87.